The van der Waals surface area contributed by atoms with Crippen molar-refractivity contribution in [3.63, 3.8) is 0 Å². The van der Waals surface area contributed by atoms with E-state index in [-0.39, 0.29) is 18.4 Å². The summed E-state index contributed by atoms with van der Waals surface area (Å²) in [5, 5.41) is 8.68. The smallest absolute Gasteiger partial charge is 0.257 e. The first-order chi connectivity index (χ1) is 13.1. The van der Waals surface area contributed by atoms with Crippen LogP contribution in [0, 0.1) is 0 Å². The molecule has 0 aliphatic carbocycles. The van der Waals surface area contributed by atoms with E-state index >= 15 is 0 Å². The Bertz CT molecular complexity index is 928. The standard InChI is InChI=1S/C21H18BrN3O2/c22-15-10-12-17(13-11-15)24-20(26)14-23-19-9-5-4-8-18(19)21(27)25-16-6-2-1-3-7-16/h1-13,23H,14H2,(H,24,26)(H,25,27). The fraction of sp³-hybridized carbons (Fsp3) is 0.0476. The van der Waals surface area contributed by atoms with Crippen LogP contribution in [0.2, 0.25) is 0 Å². The summed E-state index contributed by atoms with van der Waals surface area (Å²) >= 11 is 3.36. The average Bonchev–Trinajstić information content (AvgIpc) is 2.69. The molecule has 0 aromatic heterocycles. The molecule has 2 amide bonds. The first-order valence-corrected chi connectivity index (χ1v) is 9.16. The molecule has 0 heterocycles. The molecular formula is C21H18BrN3O2. The molecule has 0 unspecified atom stereocenters. The van der Waals surface area contributed by atoms with Crippen molar-refractivity contribution < 1.29 is 9.59 Å². The van der Waals surface area contributed by atoms with Gasteiger partial charge in [0.25, 0.3) is 5.91 Å². The van der Waals surface area contributed by atoms with E-state index in [0.29, 0.717) is 22.6 Å². The van der Waals surface area contributed by atoms with Gasteiger partial charge >= 0.3 is 0 Å². The molecule has 0 aliphatic rings. The van der Waals surface area contributed by atoms with Crippen LogP contribution in [0.15, 0.2) is 83.3 Å². The highest BCUT2D eigenvalue weighted by atomic mass is 79.9. The van der Waals surface area contributed by atoms with E-state index in [2.05, 4.69) is 31.9 Å². The van der Waals surface area contributed by atoms with Gasteiger partial charge in [-0.25, -0.2) is 0 Å². The van der Waals surface area contributed by atoms with Crippen LogP contribution >= 0.6 is 15.9 Å². The summed E-state index contributed by atoms with van der Waals surface area (Å²) in [6.45, 7) is 0.0473. The number of benzene rings is 3. The van der Waals surface area contributed by atoms with Gasteiger partial charge in [0.2, 0.25) is 5.91 Å². The quantitative estimate of drug-likeness (QED) is 0.535. The van der Waals surface area contributed by atoms with Crippen LogP contribution in [-0.2, 0) is 4.79 Å². The summed E-state index contributed by atoms with van der Waals surface area (Å²) in [5.41, 5.74) is 2.49. The summed E-state index contributed by atoms with van der Waals surface area (Å²) in [7, 11) is 0. The van der Waals surface area contributed by atoms with Gasteiger partial charge in [0, 0.05) is 21.5 Å². The van der Waals surface area contributed by atoms with Crippen LogP contribution in [0.3, 0.4) is 0 Å². The van der Waals surface area contributed by atoms with Crippen molar-refractivity contribution >= 4 is 44.8 Å². The first kappa shape index (κ1) is 18.7. The molecule has 0 saturated carbocycles. The van der Waals surface area contributed by atoms with Gasteiger partial charge in [0.05, 0.1) is 12.1 Å². The fourth-order valence-electron chi connectivity index (χ4n) is 2.47. The van der Waals surface area contributed by atoms with E-state index in [1.165, 1.54) is 0 Å². The van der Waals surface area contributed by atoms with E-state index in [1.807, 2.05) is 60.7 Å². The second-order valence-electron chi connectivity index (χ2n) is 5.77. The van der Waals surface area contributed by atoms with Crippen molar-refractivity contribution in [2.24, 2.45) is 0 Å². The van der Waals surface area contributed by atoms with Crippen LogP contribution in [0.1, 0.15) is 10.4 Å². The Kier molecular flexibility index (Phi) is 6.22. The molecule has 3 aromatic carbocycles. The van der Waals surface area contributed by atoms with Crippen LogP contribution in [-0.4, -0.2) is 18.4 Å². The number of amides is 2. The molecular weight excluding hydrogens is 406 g/mol. The lowest BCUT2D eigenvalue weighted by atomic mass is 10.1. The van der Waals surface area contributed by atoms with Crippen molar-refractivity contribution in [2.75, 3.05) is 22.5 Å². The van der Waals surface area contributed by atoms with Crippen molar-refractivity contribution in [3.05, 3.63) is 88.9 Å². The van der Waals surface area contributed by atoms with E-state index in [4.69, 9.17) is 0 Å². The van der Waals surface area contributed by atoms with Gasteiger partial charge in [-0.05, 0) is 48.5 Å². The molecule has 3 N–H and O–H groups in total. The Balaban J connectivity index is 1.62. The highest BCUT2D eigenvalue weighted by Gasteiger charge is 2.12. The predicted molar refractivity (Wildman–Crippen MR) is 112 cm³/mol. The third-order valence-corrected chi connectivity index (χ3v) is 4.30. The third kappa shape index (κ3) is 5.43. The third-order valence-electron chi connectivity index (χ3n) is 3.77. The largest absolute Gasteiger partial charge is 0.376 e. The topological polar surface area (TPSA) is 70.2 Å². The number of hydrogen-bond acceptors (Lipinski definition) is 3. The highest BCUT2D eigenvalue weighted by Crippen LogP contribution is 2.18. The second kappa shape index (κ2) is 9.00. The molecule has 6 heteroatoms. The van der Waals surface area contributed by atoms with Gasteiger partial charge in [-0.3, -0.25) is 9.59 Å². The van der Waals surface area contributed by atoms with Gasteiger partial charge < -0.3 is 16.0 Å². The van der Waals surface area contributed by atoms with E-state index < -0.39 is 0 Å². The van der Waals surface area contributed by atoms with E-state index in [0.717, 1.165) is 4.47 Å². The highest BCUT2D eigenvalue weighted by molar-refractivity contribution is 9.10. The molecule has 3 aromatic rings. The SMILES string of the molecule is O=C(CNc1ccccc1C(=O)Nc1ccccc1)Nc1ccc(Br)cc1. The molecule has 27 heavy (non-hydrogen) atoms. The number of para-hydroxylation sites is 2. The first-order valence-electron chi connectivity index (χ1n) is 8.36. The fourth-order valence-corrected chi connectivity index (χ4v) is 2.73. The maximum atomic E-state index is 12.5. The maximum absolute atomic E-state index is 12.5. The number of carbonyl (C=O) groups is 2. The normalized spacial score (nSPS) is 10.1. The molecule has 0 fully saturated rings. The van der Waals surface area contributed by atoms with Crippen molar-refractivity contribution in [2.45, 2.75) is 0 Å². The lowest BCUT2D eigenvalue weighted by Gasteiger charge is -2.12. The lowest BCUT2D eigenvalue weighted by Crippen LogP contribution is -2.23. The zero-order chi connectivity index (χ0) is 19.1. The second-order valence-corrected chi connectivity index (χ2v) is 6.69. The van der Waals surface area contributed by atoms with Crippen LogP contribution < -0.4 is 16.0 Å². The number of rotatable bonds is 6. The molecule has 0 spiro atoms. The van der Waals surface area contributed by atoms with Crippen LogP contribution in [0.25, 0.3) is 0 Å². The number of hydrogen-bond donors (Lipinski definition) is 3. The number of nitrogens with one attached hydrogen (secondary N) is 3. The van der Waals surface area contributed by atoms with Gasteiger partial charge in [-0.1, -0.05) is 46.3 Å². The number of halogens is 1. The zero-order valence-corrected chi connectivity index (χ0v) is 16.0. The Morgan fingerprint density at radius 2 is 1.37 bits per heavy atom. The maximum Gasteiger partial charge on any atom is 0.257 e. The van der Waals surface area contributed by atoms with Crippen molar-refractivity contribution in [1.82, 2.24) is 0 Å². The van der Waals surface area contributed by atoms with Gasteiger partial charge in [0.1, 0.15) is 0 Å². The molecule has 0 aliphatic heterocycles. The van der Waals surface area contributed by atoms with E-state index in [1.54, 1.807) is 18.2 Å². The van der Waals surface area contributed by atoms with Gasteiger partial charge in [-0.15, -0.1) is 0 Å². The summed E-state index contributed by atoms with van der Waals surface area (Å²) in [5.74, 6) is -0.437. The molecule has 0 bridgehead atoms. The number of carbonyl (C=O) groups excluding carboxylic acids is 2. The average molecular weight is 424 g/mol. The zero-order valence-electron chi connectivity index (χ0n) is 14.4. The van der Waals surface area contributed by atoms with Gasteiger partial charge in [0.15, 0.2) is 0 Å². The lowest BCUT2D eigenvalue weighted by molar-refractivity contribution is -0.114. The van der Waals surface area contributed by atoms with Crippen LogP contribution in [0.4, 0.5) is 17.1 Å². The van der Waals surface area contributed by atoms with E-state index in [9.17, 15) is 9.59 Å². The summed E-state index contributed by atoms with van der Waals surface area (Å²) in [4.78, 5) is 24.7. The predicted octanol–water partition coefficient (Wildman–Crippen LogP) is 4.75. The summed E-state index contributed by atoms with van der Waals surface area (Å²) < 4.78 is 0.942. The number of anilines is 3. The molecule has 3 rings (SSSR count). The van der Waals surface area contributed by atoms with Crippen LogP contribution in [0.5, 0.6) is 0 Å². The Hall–Kier alpha value is -3.12. The minimum Gasteiger partial charge on any atom is -0.376 e. The monoisotopic (exact) mass is 423 g/mol. The summed E-state index contributed by atoms with van der Waals surface area (Å²) in [6.07, 6.45) is 0. The minimum absolute atomic E-state index is 0.0473. The Morgan fingerprint density at radius 3 is 2.11 bits per heavy atom. The summed E-state index contributed by atoms with van der Waals surface area (Å²) in [6, 6.07) is 23.6. The Morgan fingerprint density at radius 1 is 0.741 bits per heavy atom. The van der Waals surface area contributed by atoms with Crippen molar-refractivity contribution in [1.29, 1.82) is 0 Å². The molecule has 0 atom stereocenters. The van der Waals surface area contributed by atoms with Gasteiger partial charge in [-0.2, -0.15) is 0 Å². The minimum atomic E-state index is -0.238. The molecule has 0 radical (unpaired) electrons. The molecule has 0 saturated heterocycles. The van der Waals surface area contributed by atoms with Crippen molar-refractivity contribution in [3.8, 4) is 0 Å². The molecule has 5 nitrogen and oxygen atoms in total. The Labute approximate surface area is 165 Å². The molecule has 136 valence electrons.